The Morgan fingerprint density at radius 1 is 1.44 bits per heavy atom. The molecule has 1 heterocycles. The van der Waals surface area contributed by atoms with E-state index in [2.05, 4.69) is 20.6 Å². The summed E-state index contributed by atoms with van der Waals surface area (Å²) >= 11 is 0. The Bertz CT molecular complexity index is 391. The lowest BCUT2D eigenvalue weighted by Gasteiger charge is -2.16. The number of carbonyl (C=O) groups is 2. The molecule has 0 aliphatic rings. The van der Waals surface area contributed by atoms with Crippen LogP contribution < -0.4 is 10.6 Å². The fourth-order valence-electron chi connectivity index (χ4n) is 1.46. The molecule has 0 aromatic carbocycles. The van der Waals surface area contributed by atoms with Gasteiger partial charge >= 0.3 is 12.0 Å². The second-order valence-corrected chi connectivity index (χ2v) is 4.15. The summed E-state index contributed by atoms with van der Waals surface area (Å²) in [7, 11) is 0. The summed E-state index contributed by atoms with van der Waals surface area (Å²) in [6, 6.07) is -0.756. The van der Waals surface area contributed by atoms with Crippen LogP contribution in [0.3, 0.4) is 0 Å². The fraction of sp³-hybridized carbons (Fsp3) is 0.545. The number of hydrogen-bond acceptors (Lipinski definition) is 3. The van der Waals surface area contributed by atoms with E-state index < -0.39 is 5.97 Å². The Morgan fingerprint density at radius 2 is 2.17 bits per heavy atom. The van der Waals surface area contributed by atoms with Crippen LogP contribution in [0.25, 0.3) is 0 Å². The normalized spacial score (nSPS) is 13.7. The Balaban J connectivity index is 2.30. The quantitative estimate of drug-likeness (QED) is 0.608. The molecular formula is C11H18N4O3. The first-order valence-corrected chi connectivity index (χ1v) is 5.77. The lowest BCUT2D eigenvalue weighted by molar-refractivity contribution is -0.137. The van der Waals surface area contributed by atoms with E-state index >= 15 is 0 Å². The van der Waals surface area contributed by atoms with Crippen molar-refractivity contribution < 1.29 is 14.7 Å². The molecule has 2 amide bonds. The molecule has 0 saturated carbocycles. The van der Waals surface area contributed by atoms with Crippen LogP contribution >= 0.6 is 0 Å². The molecule has 7 nitrogen and oxygen atoms in total. The van der Waals surface area contributed by atoms with E-state index in [1.54, 1.807) is 26.2 Å². The number of hydrogen-bond donors (Lipinski definition) is 4. The van der Waals surface area contributed by atoms with Crippen LogP contribution in [0.15, 0.2) is 12.4 Å². The van der Waals surface area contributed by atoms with Gasteiger partial charge in [-0.05, 0) is 20.3 Å². The molecule has 1 aromatic heterocycles. The molecule has 0 fully saturated rings. The molecule has 1 aromatic rings. The van der Waals surface area contributed by atoms with Crippen molar-refractivity contribution in [3.63, 3.8) is 0 Å². The van der Waals surface area contributed by atoms with Gasteiger partial charge in [0.2, 0.25) is 0 Å². The lowest BCUT2D eigenvalue weighted by Crippen LogP contribution is -2.42. The minimum Gasteiger partial charge on any atom is -0.481 e. The first kappa shape index (κ1) is 14.0. The summed E-state index contributed by atoms with van der Waals surface area (Å²) in [6.45, 7) is 3.57. The summed E-state index contributed by atoms with van der Waals surface area (Å²) in [5.41, 5.74) is 0. The molecule has 18 heavy (non-hydrogen) atoms. The third kappa shape index (κ3) is 4.86. The van der Waals surface area contributed by atoms with Crippen LogP contribution in [0.5, 0.6) is 0 Å². The average Bonchev–Trinajstić information content (AvgIpc) is 2.79. The smallest absolute Gasteiger partial charge is 0.315 e. The molecule has 2 atom stereocenters. The molecule has 2 unspecified atom stereocenters. The predicted molar refractivity (Wildman–Crippen MR) is 65.0 cm³/mol. The van der Waals surface area contributed by atoms with Crippen molar-refractivity contribution in [2.75, 3.05) is 0 Å². The zero-order valence-corrected chi connectivity index (χ0v) is 10.4. The molecule has 0 saturated heterocycles. The van der Waals surface area contributed by atoms with Crippen LogP contribution in [-0.4, -0.2) is 33.1 Å². The van der Waals surface area contributed by atoms with E-state index in [1.807, 2.05) is 0 Å². The van der Waals surface area contributed by atoms with E-state index in [1.165, 1.54) is 0 Å². The Hall–Kier alpha value is -2.05. The van der Waals surface area contributed by atoms with Crippen molar-refractivity contribution in [1.82, 2.24) is 20.6 Å². The third-order valence-electron chi connectivity index (χ3n) is 2.45. The number of carboxylic acids is 1. The zero-order chi connectivity index (χ0) is 13.5. The molecule has 0 aliphatic carbocycles. The van der Waals surface area contributed by atoms with Gasteiger partial charge in [0.05, 0.1) is 6.04 Å². The minimum atomic E-state index is -0.868. The molecule has 1 rings (SSSR count). The van der Waals surface area contributed by atoms with Crippen molar-refractivity contribution in [1.29, 1.82) is 0 Å². The van der Waals surface area contributed by atoms with Crippen molar-refractivity contribution in [2.45, 2.75) is 38.8 Å². The highest BCUT2D eigenvalue weighted by molar-refractivity contribution is 5.74. The number of H-pyrrole nitrogens is 1. The van der Waals surface area contributed by atoms with Gasteiger partial charge < -0.3 is 20.7 Å². The minimum absolute atomic E-state index is 0.0369. The largest absolute Gasteiger partial charge is 0.481 e. The van der Waals surface area contributed by atoms with Crippen LogP contribution in [0.4, 0.5) is 4.79 Å². The molecule has 100 valence electrons. The summed E-state index contributed by atoms with van der Waals surface area (Å²) in [6.07, 6.45) is 3.73. The average molecular weight is 254 g/mol. The second-order valence-electron chi connectivity index (χ2n) is 4.15. The summed E-state index contributed by atoms with van der Waals surface area (Å²) in [4.78, 5) is 28.9. The van der Waals surface area contributed by atoms with E-state index in [0.717, 1.165) is 0 Å². The summed E-state index contributed by atoms with van der Waals surface area (Å²) < 4.78 is 0. The van der Waals surface area contributed by atoms with Crippen LogP contribution in [-0.2, 0) is 4.79 Å². The number of aliphatic carboxylic acids is 1. The number of aromatic amines is 1. The van der Waals surface area contributed by atoms with Crippen molar-refractivity contribution in [3.8, 4) is 0 Å². The highest BCUT2D eigenvalue weighted by Crippen LogP contribution is 2.04. The Morgan fingerprint density at radius 3 is 2.72 bits per heavy atom. The van der Waals surface area contributed by atoms with Gasteiger partial charge in [0.15, 0.2) is 0 Å². The van der Waals surface area contributed by atoms with Crippen LogP contribution in [0.1, 0.15) is 38.6 Å². The monoisotopic (exact) mass is 254 g/mol. The third-order valence-corrected chi connectivity index (χ3v) is 2.45. The first-order valence-electron chi connectivity index (χ1n) is 5.77. The highest BCUT2D eigenvalue weighted by atomic mass is 16.4. The number of urea groups is 1. The van der Waals surface area contributed by atoms with E-state index in [0.29, 0.717) is 12.2 Å². The van der Waals surface area contributed by atoms with Gasteiger partial charge in [-0.25, -0.2) is 9.78 Å². The number of nitrogens with one attached hydrogen (secondary N) is 3. The van der Waals surface area contributed by atoms with Crippen molar-refractivity contribution in [2.24, 2.45) is 0 Å². The maximum atomic E-state index is 11.6. The van der Waals surface area contributed by atoms with Gasteiger partial charge in [0.1, 0.15) is 5.82 Å². The molecule has 0 aliphatic heterocycles. The van der Waals surface area contributed by atoms with Crippen molar-refractivity contribution >= 4 is 12.0 Å². The molecular weight excluding hydrogens is 236 g/mol. The summed E-state index contributed by atoms with van der Waals surface area (Å²) in [5.74, 6) is -0.198. The fourth-order valence-corrected chi connectivity index (χ4v) is 1.46. The van der Waals surface area contributed by atoms with Gasteiger partial charge in [0, 0.05) is 24.9 Å². The van der Waals surface area contributed by atoms with Gasteiger partial charge in [-0.15, -0.1) is 0 Å². The zero-order valence-electron chi connectivity index (χ0n) is 10.4. The predicted octanol–water partition coefficient (Wildman–Crippen LogP) is 1.02. The number of nitrogens with zero attached hydrogens (tertiary/aromatic N) is 1. The maximum absolute atomic E-state index is 11.6. The maximum Gasteiger partial charge on any atom is 0.315 e. The van der Waals surface area contributed by atoms with E-state index in [9.17, 15) is 9.59 Å². The molecule has 0 spiro atoms. The second kappa shape index (κ2) is 6.63. The van der Waals surface area contributed by atoms with E-state index in [-0.39, 0.29) is 24.5 Å². The standard InChI is InChI=1S/C11H18N4O3/c1-7(3-4-9(16)17)14-11(18)15-8(2)10-12-5-6-13-10/h5-8H,3-4H2,1-2H3,(H,12,13)(H,16,17)(H2,14,15,18). The van der Waals surface area contributed by atoms with Gasteiger partial charge in [-0.3, -0.25) is 4.79 Å². The summed E-state index contributed by atoms with van der Waals surface area (Å²) in [5, 5.41) is 13.9. The number of aromatic nitrogens is 2. The lowest BCUT2D eigenvalue weighted by atomic mass is 10.2. The van der Waals surface area contributed by atoms with Gasteiger partial charge in [-0.1, -0.05) is 0 Å². The number of imidazole rings is 1. The SMILES string of the molecule is CC(CCC(=O)O)NC(=O)NC(C)c1ncc[nH]1. The number of carbonyl (C=O) groups excluding carboxylic acids is 1. The Labute approximate surface area is 105 Å². The van der Waals surface area contributed by atoms with Gasteiger partial charge in [-0.2, -0.15) is 0 Å². The molecule has 0 radical (unpaired) electrons. The number of rotatable bonds is 6. The number of amides is 2. The Kier molecular flexibility index (Phi) is 5.16. The topological polar surface area (TPSA) is 107 Å². The first-order chi connectivity index (χ1) is 8.49. The molecule has 7 heteroatoms. The van der Waals surface area contributed by atoms with Crippen LogP contribution in [0.2, 0.25) is 0 Å². The van der Waals surface area contributed by atoms with E-state index in [4.69, 9.17) is 5.11 Å². The highest BCUT2D eigenvalue weighted by Gasteiger charge is 2.13. The van der Waals surface area contributed by atoms with Crippen LogP contribution in [0, 0.1) is 0 Å². The molecule has 4 N–H and O–H groups in total. The van der Waals surface area contributed by atoms with Crippen molar-refractivity contribution in [3.05, 3.63) is 18.2 Å². The number of carboxylic acid groups (broad SMARTS) is 1. The molecule has 0 bridgehead atoms. The van der Waals surface area contributed by atoms with Gasteiger partial charge in [0.25, 0.3) is 0 Å².